The van der Waals surface area contributed by atoms with Crippen molar-refractivity contribution in [2.45, 2.75) is 38.6 Å². The molecule has 1 atom stereocenters. The molecule has 0 spiro atoms. The van der Waals surface area contributed by atoms with Crippen LogP contribution in [-0.4, -0.2) is 41.5 Å². The summed E-state index contributed by atoms with van der Waals surface area (Å²) in [6.07, 6.45) is 10.8. The van der Waals surface area contributed by atoms with Gasteiger partial charge in [-0.3, -0.25) is 9.78 Å². The molecule has 2 N–H and O–H groups in total. The van der Waals surface area contributed by atoms with Crippen molar-refractivity contribution in [3.05, 3.63) is 24.2 Å². The molecule has 1 aromatic heterocycles. The van der Waals surface area contributed by atoms with Gasteiger partial charge in [-0.15, -0.1) is 0 Å². The first kappa shape index (κ1) is 17.9. The number of nitrogens with one attached hydrogen (secondary N) is 2. The average Bonchev–Trinajstić information content (AvgIpc) is 3.12. The van der Waals surface area contributed by atoms with Crippen LogP contribution in [-0.2, 0) is 14.3 Å². The lowest BCUT2D eigenvalue weighted by Gasteiger charge is -2.16. The van der Waals surface area contributed by atoms with E-state index in [2.05, 4.69) is 25.3 Å². The van der Waals surface area contributed by atoms with E-state index in [1.54, 1.807) is 6.92 Å². The second-order valence-electron chi connectivity index (χ2n) is 5.94. The fourth-order valence-corrected chi connectivity index (χ4v) is 2.62. The van der Waals surface area contributed by atoms with Crippen molar-refractivity contribution in [1.29, 1.82) is 0 Å². The van der Waals surface area contributed by atoms with Crippen LogP contribution in [0, 0.1) is 5.92 Å². The third-order valence-corrected chi connectivity index (χ3v) is 4.06. The third kappa shape index (κ3) is 5.64. The van der Waals surface area contributed by atoms with Gasteiger partial charge in [-0.25, -0.2) is 9.78 Å². The number of methoxy groups -OCH3 is 1. The fourth-order valence-electron chi connectivity index (χ4n) is 2.62. The zero-order valence-corrected chi connectivity index (χ0v) is 14.1. The SMILES string of the molecule is COC(=O)/C=C/c1cnc(N[C@H](C)C(=O)NCC2CCCC2)cn1. The van der Waals surface area contributed by atoms with E-state index < -0.39 is 12.0 Å². The summed E-state index contributed by atoms with van der Waals surface area (Å²) >= 11 is 0. The van der Waals surface area contributed by atoms with E-state index >= 15 is 0 Å². The predicted molar refractivity (Wildman–Crippen MR) is 91.1 cm³/mol. The average molecular weight is 332 g/mol. The Morgan fingerprint density at radius 3 is 2.71 bits per heavy atom. The van der Waals surface area contributed by atoms with Gasteiger partial charge in [0.2, 0.25) is 5.91 Å². The Bertz CT molecular complexity index is 580. The maximum atomic E-state index is 12.1. The first-order valence-corrected chi connectivity index (χ1v) is 8.21. The lowest BCUT2D eigenvalue weighted by molar-refractivity contribution is -0.134. The molecule has 7 nitrogen and oxygen atoms in total. The Kier molecular flexibility index (Phi) is 6.72. The van der Waals surface area contributed by atoms with Crippen molar-refractivity contribution >= 4 is 23.8 Å². The number of esters is 1. The van der Waals surface area contributed by atoms with Gasteiger partial charge in [-0.05, 0) is 31.8 Å². The van der Waals surface area contributed by atoms with Gasteiger partial charge >= 0.3 is 5.97 Å². The molecule has 1 aromatic rings. The van der Waals surface area contributed by atoms with E-state index in [0.717, 1.165) is 6.54 Å². The lowest BCUT2D eigenvalue weighted by Crippen LogP contribution is -2.39. The molecular weight excluding hydrogens is 308 g/mol. The van der Waals surface area contributed by atoms with Crippen molar-refractivity contribution < 1.29 is 14.3 Å². The molecule has 2 rings (SSSR count). The smallest absolute Gasteiger partial charge is 0.330 e. The third-order valence-electron chi connectivity index (χ3n) is 4.06. The summed E-state index contributed by atoms with van der Waals surface area (Å²) in [4.78, 5) is 31.5. The highest BCUT2D eigenvalue weighted by Crippen LogP contribution is 2.23. The number of hydrogen-bond acceptors (Lipinski definition) is 6. The number of anilines is 1. The molecule has 1 fully saturated rings. The molecule has 1 aliphatic carbocycles. The van der Waals surface area contributed by atoms with Crippen molar-refractivity contribution in [3.63, 3.8) is 0 Å². The Morgan fingerprint density at radius 2 is 2.08 bits per heavy atom. The topological polar surface area (TPSA) is 93.2 Å². The van der Waals surface area contributed by atoms with Gasteiger partial charge in [0.25, 0.3) is 0 Å². The summed E-state index contributed by atoms with van der Waals surface area (Å²) in [5.41, 5.74) is 0.532. The fraction of sp³-hybridized carbons (Fsp3) is 0.529. The molecular formula is C17H24N4O3. The second kappa shape index (κ2) is 9.00. The molecule has 1 heterocycles. The summed E-state index contributed by atoms with van der Waals surface area (Å²) in [6, 6.07) is -0.392. The molecule has 0 aromatic carbocycles. The Labute approximate surface area is 141 Å². The summed E-state index contributed by atoms with van der Waals surface area (Å²) in [5.74, 6) is 0.625. The maximum absolute atomic E-state index is 12.1. The first-order chi connectivity index (χ1) is 11.6. The summed E-state index contributed by atoms with van der Waals surface area (Å²) in [5, 5.41) is 6.00. The maximum Gasteiger partial charge on any atom is 0.330 e. The minimum Gasteiger partial charge on any atom is -0.466 e. The molecule has 1 amide bonds. The number of carbonyl (C=O) groups is 2. The van der Waals surface area contributed by atoms with Gasteiger partial charge in [0.1, 0.15) is 11.9 Å². The molecule has 0 radical (unpaired) electrons. The van der Waals surface area contributed by atoms with Gasteiger partial charge in [-0.2, -0.15) is 0 Å². The van der Waals surface area contributed by atoms with Crippen molar-refractivity contribution in [3.8, 4) is 0 Å². The normalized spacial score (nSPS) is 16.1. The van der Waals surface area contributed by atoms with Crippen LogP contribution in [0.3, 0.4) is 0 Å². The standard InChI is InChI=1S/C17H24N4O3/c1-12(17(23)20-9-13-5-3-4-6-13)21-15-11-18-14(10-19-15)7-8-16(22)24-2/h7-8,10-13H,3-6,9H2,1-2H3,(H,19,21)(H,20,23)/b8-7+/t12-/m1/s1. The molecule has 7 heteroatoms. The van der Waals surface area contributed by atoms with Gasteiger partial charge in [0.05, 0.1) is 25.2 Å². The van der Waals surface area contributed by atoms with Crippen molar-refractivity contribution in [1.82, 2.24) is 15.3 Å². The van der Waals surface area contributed by atoms with Crippen molar-refractivity contribution in [2.24, 2.45) is 5.92 Å². The van der Waals surface area contributed by atoms with E-state index in [1.165, 1.54) is 57.3 Å². The number of nitrogens with zero attached hydrogens (tertiary/aromatic N) is 2. The second-order valence-corrected chi connectivity index (χ2v) is 5.94. The van der Waals surface area contributed by atoms with Gasteiger partial charge in [-0.1, -0.05) is 12.8 Å². The molecule has 130 valence electrons. The highest BCUT2D eigenvalue weighted by Gasteiger charge is 2.18. The zero-order valence-electron chi connectivity index (χ0n) is 14.1. The zero-order chi connectivity index (χ0) is 17.4. The Morgan fingerprint density at radius 1 is 1.33 bits per heavy atom. The molecule has 1 saturated carbocycles. The summed E-state index contributed by atoms with van der Waals surface area (Å²) in [6.45, 7) is 2.53. The van der Waals surface area contributed by atoms with Crippen LogP contribution in [0.2, 0.25) is 0 Å². The van der Waals surface area contributed by atoms with Crippen LogP contribution in [0.1, 0.15) is 38.3 Å². The molecule has 0 unspecified atom stereocenters. The van der Waals surface area contributed by atoms with E-state index in [1.807, 2.05) is 0 Å². The van der Waals surface area contributed by atoms with Gasteiger partial charge in [0.15, 0.2) is 0 Å². The van der Waals surface area contributed by atoms with E-state index in [9.17, 15) is 9.59 Å². The van der Waals surface area contributed by atoms with Crippen molar-refractivity contribution in [2.75, 3.05) is 19.0 Å². The first-order valence-electron chi connectivity index (χ1n) is 8.21. The van der Waals surface area contributed by atoms with Crippen LogP contribution >= 0.6 is 0 Å². The number of aromatic nitrogens is 2. The minimum atomic E-state index is -0.452. The van der Waals surface area contributed by atoms with Crippen LogP contribution in [0.15, 0.2) is 18.5 Å². The number of hydrogen-bond donors (Lipinski definition) is 2. The summed E-state index contributed by atoms with van der Waals surface area (Å²) in [7, 11) is 1.31. The Balaban J connectivity index is 1.80. The minimum absolute atomic E-state index is 0.0432. The monoisotopic (exact) mass is 332 g/mol. The van der Waals surface area contributed by atoms with E-state index in [-0.39, 0.29) is 5.91 Å². The van der Waals surface area contributed by atoms with E-state index in [4.69, 9.17) is 0 Å². The lowest BCUT2D eigenvalue weighted by atomic mass is 10.1. The number of rotatable bonds is 7. The molecule has 24 heavy (non-hydrogen) atoms. The van der Waals surface area contributed by atoms with Crippen LogP contribution in [0.25, 0.3) is 6.08 Å². The highest BCUT2D eigenvalue weighted by molar-refractivity contribution is 5.86. The van der Waals surface area contributed by atoms with Gasteiger partial charge in [0, 0.05) is 12.6 Å². The molecule has 0 bridgehead atoms. The Hall–Kier alpha value is -2.44. The number of carbonyl (C=O) groups excluding carboxylic acids is 2. The van der Waals surface area contributed by atoms with Gasteiger partial charge < -0.3 is 15.4 Å². The largest absolute Gasteiger partial charge is 0.466 e. The van der Waals surface area contributed by atoms with Crippen LogP contribution in [0.5, 0.6) is 0 Å². The molecule has 1 aliphatic rings. The highest BCUT2D eigenvalue weighted by atomic mass is 16.5. The number of ether oxygens (including phenoxy) is 1. The van der Waals surface area contributed by atoms with Crippen LogP contribution in [0.4, 0.5) is 5.82 Å². The summed E-state index contributed by atoms with van der Waals surface area (Å²) < 4.78 is 4.50. The quantitative estimate of drug-likeness (QED) is 0.584. The molecule has 0 aliphatic heterocycles. The van der Waals surface area contributed by atoms with Crippen LogP contribution < -0.4 is 10.6 Å². The molecule has 0 saturated heterocycles. The predicted octanol–water partition coefficient (Wildman–Crippen LogP) is 1.77. The van der Waals surface area contributed by atoms with E-state index in [0.29, 0.717) is 17.4 Å². The number of amides is 1.